The average Bonchev–Trinajstić information content (AvgIpc) is 3.12. The van der Waals surface area contributed by atoms with Gasteiger partial charge < -0.3 is 10.2 Å². The van der Waals surface area contributed by atoms with Crippen molar-refractivity contribution < 1.29 is 8.42 Å². The van der Waals surface area contributed by atoms with Crippen LogP contribution in [0.2, 0.25) is 0 Å². The molecule has 0 aromatic heterocycles. The smallest absolute Gasteiger partial charge is 0.215 e. The first kappa shape index (κ1) is 20.7. The predicted molar refractivity (Wildman–Crippen MR) is 108 cm³/mol. The molecule has 1 fully saturated rings. The number of hydrogen-bond donors (Lipinski definition) is 1. The largest absolute Gasteiger partial charge is 0.357 e. The zero-order valence-electron chi connectivity index (χ0n) is 16.2. The Labute approximate surface area is 158 Å². The molecule has 6 nitrogen and oxygen atoms in total. The Balaban J connectivity index is 1.99. The highest BCUT2D eigenvalue weighted by Crippen LogP contribution is 2.26. The molecule has 0 amide bonds. The third kappa shape index (κ3) is 5.45. The number of sulfonamides is 1. The van der Waals surface area contributed by atoms with Crippen LogP contribution in [0.15, 0.2) is 35.3 Å². The molecule has 0 spiro atoms. The maximum absolute atomic E-state index is 12.3. The lowest BCUT2D eigenvalue weighted by molar-refractivity contribution is 0.445. The van der Waals surface area contributed by atoms with Crippen LogP contribution in [0.3, 0.4) is 0 Å². The second kappa shape index (κ2) is 9.92. The molecule has 1 unspecified atom stereocenters. The first-order valence-electron chi connectivity index (χ1n) is 9.57. The monoisotopic (exact) mass is 380 g/mol. The fourth-order valence-corrected chi connectivity index (χ4v) is 4.76. The molecule has 1 aliphatic rings. The van der Waals surface area contributed by atoms with E-state index in [4.69, 9.17) is 0 Å². The summed E-state index contributed by atoms with van der Waals surface area (Å²) in [5.74, 6) is 1.37. The van der Waals surface area contributed by atoms with Crippen LogP contribution in [-0.4, -0.2) is 68.6 Å². The summed E-state index contributed by atoms with van der Waals surface area (Å²) in [5.41, 5.74) is 1.36. The summed E-state index contributed by atoms with van der Waals surface area (Å²) in [6, 6.07) is 10.5. The third-order valence-corrected chi connectivity index (χ3v) is 6.80. The van der Waals surface area contributed by atoms with Gasteiger partial charge in [-0.2, -0.15) is 0 Å². The normalized spacial score (nSPS) is 18.5. The fraction of sp³-hybridized carbons (Fsp3) is 0.632. The van der Waals surface area contributed by atoms with Crippen LogP contribution in [0.4, 0.5) is 0 Å². The summed E-state index contributed by atoms with van der Waals surface area (Å²) in [6.45, 7) is 9.69. The van der Waals surface area contributed by atoms with Crippen molar-refractivity contribution in [3.63, 3.8) is 0 Å². The molecular formula is C19H32N4O2S. The first-order valence-corrected chi connectivity index (χ1v) is 11.2. The van der Waals surface area contributed by atoms with Crippen molar-refractivity contribution in [2.24, 2.45) is 4.99 Å². The highest BCUT2D eigenvalue weighted by Gasteiger charge is 2.26. The number of aliphatic imine (C=N–C) groups is 1. The summed E-state index contributed by atoms with van der Waals surface area (Å²) in [5, 5.41) is 3.31. The molecule has 0 saturated carbocycles. The molecule has 1 saturated heterocycles. The Morgan fingerprint density at radius 2 is 1.92 bits per heavy atom. The number of nitrogens with one attached hydrogen (secondary N) is 1. The molecule has 1 atom stereocenters. The summed E-state index contributed by atoms with van der Waals surface area (Å²) < 4.78 is 26.1. The fourth-order valence-electron chi connectivity index (χ4n) is 3.39. The maximum Gasteiger partial charge on any atom is 0.215 e. The van der Waals surface area contributed by atoms with Crippen LogP contribution in [0.5, 0.6) is 0 Å². The lowest BCUT2D eigenvalue weighted by Gasteiger charge is -2.22. The highest BCUT2D eigenvalue weighted by molar-refractivity contribution is 7.89. The lowest BCUT2D eigenvalue weighted by atomic mass is 9.99. The van der Waals surface area contributed by atoms with Crippen molar-refractivity contribution in [3.05, 3.63) is 35.9 Å². The number of guanidine groups is 1. The van der Waals surface area contributed by atoms with Crippen LogP contribution in [0, 0.1) is 0 Å². The van der Waals surface area contributed by atoms with E-state index < -0.39 is 10.0 Å². The van der Waals surface area contributed by atoms with E-state index in [1.54, 1.807) is 0 Å². The van der Waals surface area contributed by atoms with Gasteiger partial charge in [-0.25, -0.2) is 12.7 Å². The molecule has 1 aromatic carbocycles. The van der Waals surface area contributed by atoms with Gasteiger partial charge in [-0.05, 0) is 18.9 Å². The van der Waals surface area contributed by atoms with Gasteiger partial charge in [0.05, 0.1) is 12.3 Å². The minimum Gasteiger partial charge on any atom is -0.357 e. The van der Waals surface area contributed by atoms with E-state index in [-0.39, 0.29) is 12.3 Å². The van der Waals surface area contributed by atoms with E-state index in [9.17, 15) is 8.42 Å². The Hall–Kier alpha value is -1.60. The molecule has 0 bridgehead atoms. The number of rotatable bonds is 8. The Morgan fingerprint density at radius 3 is 2.54 bits per heavy atom. The van der Waals surface area contributed by atoms with E-state index in [0.717, 1.165) is 32.0 Å². The van der Waals surface area contributed by atoms with Crippen molar-refractivity contribution >= 4 is 16.0 Å². The van der Waals surface area contributed by atoms with Crippen LogP contribution in [-0.2, 0) is 10.0 Å². The molecule has 1 heterocycles. The van der Waals surface area contributed by atoms with Gasteiger partial charge in [-0.15, -0.1) is 0 Å². The van der Waals surface area contributed by atoms with Gasteiger partial charge in [0.2, 0.25) is 10.0 Å². The Morgan fingerprint density at radius 1 is 1.23 bits per heavy atom. The van der Waals surface area contributed by atoms with Gasteiger partial charge in [-0.3, -0.25) is 4.99 Å². The predicted octanol–water partition coefficient (Wildman–Crippen LogP) is 2.11. The summed E-state index contributed by atoms with van der Waals surface area (Å²) in [7, 11) is -3.23. The minimum absolute atomic E-state index is 0.0551. The van der Waals surface area contributed by atoms with Crippen molar-refractivity contribution in [3.8, 4) is 0 Å². The number of nitrogens with zero attached hydrogens (tertiary/aromatic N) is 3. The summed E-state index contributed by atoms with van der Waals surface area (Å²) in [4.78, 5) is 6.83. The summed E-state index contributed by atoms with van der Waals surface area (Å²) in [6.07, 6.45) is 1.09. The first-order chi connectivity index (χ1) is 12.5. The second-order valence-electron chi connectivity index (χ2n) is 6.48. The molecule has 1 aliphatic heterocycles. The zero-order chi connectivity index (χ0) is 19.0. The Kier molecular flexibility index (Phi) is 7.90. The van der Waals surface area contributed by atoms with Gasteiger partial charge >= 0.3 is 0 Å². The number of hydrogen-bond acceptors (Lipinski definition) is 3. The maximum atomic E-state index is 12.3. The lowest BCUT2D eigenvalue weighted by Crippen LogP contribution is -2.40. The van der Waals surface area contributed by atoms with E-state index in [1.807, 2.05) is 26.8 Å². The van der Waals surface area contributed by atoms with E-state index in [0.29, 0.717) is 19.0 Å². The molecule has 26 heavy (non-hydrogen) atoms. The highest BCUT2D eigenvalue weighted by atomic mass is 32.2. The van der Waals surface area contributed by atoms with E-state index in [2.05, 4.69) is 39.5 Å². The average molecular weight is 381 g/mol. The van der Waals surface area contributed by atoms with E-state index in [1.165, 1.54) is 9.87 Å². The summed E-state index contributed by atoms with van der Waals surface area (Å²) >= 11 is 0. The third-order valence-electron chi connectivity index (χ3n) is 4.80. The standard InChI is InChI=1S/C19H32N4O2S/c1-4-20-19(21-13-15-26(24,25)23(5-2)6-3)22-14-12-18(16-22)17-10-8-7-9-11-17/h7-11,18H,4-6,12-16H2,1-3H3,(H,20,21). The molecular weight excluding hydrogens is 348 g/mol. The quantitative estimate of drug-likeness (QED) is 0.554. The molecule has 1 N–H and O–H groups in total. The van der Waals surface area contributed by atoms with Gasteiger partial charge in [0.1, 0.15) is 0 Å². The van der Waals surface area contributed by atoms with Crippen LogP contribution in [0.25, 0.3) is 0 Å². The van der Waals surface area contributed by atoms with Gasteiger partial charge in [-0.1, -0.05) is 44.2 Å². The van der Waals surface area contributed by atoms with Crippen LogP contribution >= 0.6 is 0 Å². The van der Waals surface area contributed by atoms with Crippen molar-refractivity contribution in [2.45, 2.75) is 33.1 Å². The molecule has 0 radical (unpaired) electrons. The van der Waals surface area contributed by atoms with Crippen molar-refractivity contribution in [1.82, 2.24) is 14.5 Å². The van der Waals surface area contributed by atoms with Gasteiger partial charge in [0.15, 0.2) is 5.96 Å². The topological polar surface area (TPSA) is 65.0 Å². The number of likely N-dealkylation sites (tertiary alicyclic amines) is 1. The Bertz CT molecular complexity index is 672. The molecule has 146 valence electrons. The number of benzene rings is 1. The van der Waals surface area contributed by atoms with Crippen LogP contribution < -0.4 is 5.32 Å². The van der Waals surface area contributed by atoms with Gasteiger partial charge in [0, 0.05) is 38.6 Å². The molecule has 0 aliphatic carbocycles. The molecule has 2 rings (SSSR count). The van der Waals surface area contributed by atoms with Crippen molar-refractivity contribution in [2.75, 3.05) is 45.0 Å². The zero-order valence-corrected chi connectivity index (χ0v) is 17.0. The van der Waals surface area contributed by atoms with Crippen LogP contribution in [0.1, 0.15) is 38.7 Å². The second-order valence-corrected chi connectivity index (χ2v) is 8.57. The van der Waals surface area contributed by atoms with Crippen molar-refractivity contribution in [1.29, 1.82) is 0 Å². The van der Waals surface area contributed by atoms with E-state index >= 15 is 0 Å². The molecule has 1 aromatic rings. The van der Waals surface area contributed by atoms with Gasteiger partial charge in [0.25, 0.3) is 0 Å². The minimum atomic E-state index is -3.23. The SMILES string of the molecule is CCNC(=NCCS(=O)(=O)N(CC)CC)N1CCC(c2ccccc2)C1. The molecule has 7 heteroatoms.